The maximum absolute atomic E-state index is 3.58. The molecule has 0 atom stereocenters. The summed E-state index contributed by atoms with van der Waals surface area (Å²) in [6.45, 7) is 2.42. The van der Waals surface area contributed by atoms with Crippen molar-refractivity contribution in [3.8, 4) is 0 Å². The normalized spacial score (nSPS) is 19.9. The van der Waals surface area contributed by atoms with Crippen LogP contribution in [0.4, 0.5) is 0 Å². The summed E-state index contributed by atoms with van der Waals surface area (Å²) in [5.74, 6) is 0. The fourth-order valence-corrected chi connectivity index (χ4v) is 2.97. The van der Waals surface area contributed by atoms with Gasteiger partial charge in [0, 0.05) is 10.0 Å². The van der Waals surface area contributed by atoms with Gasteiger partial charge in [0.2, 0.25) is 0 Å². The highest BCUT2D eigenvalue weighted by molar-refractivity contribution is 9.10. The molecular weight excluding hydrogens is 288 g/mol. The molecule has 1 aromatic carbocycles. The van der Waals surface area contributed by atoms with Gasteiger partial charge in [0.1, 0.15) is 0 Å². The highest BCUT2D eigenvalue weighted by atomic mass is 79.9. The number of hydrogen-bond acceptors (Lipinski definition) is 2. The van der Waals surface area contributed by atoms with Gasteiger partial charge in [-0.05, 0) is 70.6 Å². The third-order valence-electron chi connectivity index (χ3n) is 4.28. The molecule has 3 heteroatoms. The van der Waals surface area contributed by atoms with Gasteiger partial charge in [-0.1, -0.05) is 28.1 Å². The van der Waals surface area contributed by atoms with E-state index in [4.69, 9.17) is 0 Å². The summed E-state index contributed by atoms with van der Waals surface area (Å²) in [7, 11) is 4.33. The lowest BCUT2D eigenvalue weighted by atomic mass is 9.82. The quantitative estimate of drug-likeness (QED) is 0.919. The fourth-order valence-electron chi connectivity index (χ4n) is 2.71. The van der Waals surface area contributed by atoms with E-state index in [1.807, 2.05) is 0 Å². The Balaban J connectivity index is 1.92. The molecule has 1 aliphatic heterocycles. The Hall–Kier alpha value is -0.380. The molecule has 1 fully saturated rings. The maximum atomic E-state index is 3.58. The summed E-state index contributed by atoms with van der Waals surface area (Å²) in [4.78, 5) is 2.43. The van der Waals surface area contributed by atoms with Crippen LogP contribution >= 0.6 is 15.9 Å². The minimum Gasteiger partial charge on any atom is -0.314 e. The summed E-state index contributed by atoms with van der Waals surface area (Å²) < 4.78 is 1.16. The lowest BCUT2D eigenvalue weighted by Crippen LogP contribution is -2.51. The number of halogens is 1. The van der Waals surface area contributed by atoms with Crippen LogP contribution in [0.3, 0.4) is 0 Å². The minimum absolute atomic E-state index is 0.347. The number of rotatable bonds is 4. The van der Waals surface area contributed by atoms with Gasteiger partial charge in [-0.3, -0.25) is 0 Å². The zero-order chi connectivity index (χ0) is 13.0. The average molecular weight is 311 g/mol. The van der Waals surface area contributed by atoms with E-state index in [-0.39, 0.29) is 0 Å². The first kappa shape index (κ1) is 14.0. The molecule has 0 saturated carbocycles. The molecule has 2 rings (SSSR count). The zero-order valence-corrected chi connectivity index (χ0v) is 13.0. The molecule has 0 aromatic heterocycles. The molecule has 1 aliphatic rings. The molecule has 100 valence electrons. The van der Waals surface area contributed by atoms with E-state index in [2.05, 4.69) is 64.5 Å². The molecule has 18 heavy (non-hydrogen) atoms. The van der Waals surface area contributed by atoms with Gasteiger partial charge in [0.25, 0.3) is 0 Å². The van der Waals surface area contributed by atoms with Gasteiger partial charge in [-0.15, -0.1) is 0 Å². The van der Waals surface area contributed by atoms with Gasteiger partial charge < -0.3 is 10.2 Å². The van der Waals surface area contributed by atoms with Crippen molar-refractivity contribution in [2.45, 2.75) is 31.2 Å². The second-order valence-electron chi connectivity index (χ2n) is 5.46. The summed E-state index contributed by atoms with van der Waals surface area (Å²) >= 11 is 3.49. The molecule has 0 spiro atoms. The van der Waals surface area contributed by atoms with E-state index in [0.717, 1.165) is 10.9 Å². The first-order valence-corrected chi connectivity index (χ1v) is 7.55. The van der Waals surface area contributed by atoms with Crippen molar-refractivity contribution in [3.05, 3.63) is 34.3 Å². The van der Waals surface area contributed by atoms with Crippen LogP contribution < -0.4 is 5.32 Å². The van der Waals surface area contributed by atoms with E-state index < -0.39 is 0 Å². The monoisotopic (exact) mass is 310 g/mol. The van der Waals surface area contributed by atoms with Crippen molar-refractivity contribution in [3.63, 3.8) is 0 Å². The van der Waals surface area contributed by atoms with Crippen LogP contribution in [0.2, 0.25) is 0 Å². The summed E-state index contributed by atoms with van der Waals surface area (Å²) in [5.41, 5.74) is 1.78. The number of benzene rings is 1. The molecule has 0 aliphatic carbocycles. The zero-order valence-electron chi connectivity index (χ0n) is 11.4. The third-order valence-corrected chi connectivity index (χ3v) is 4.81. The van der Waals surface area contributed by atoms with Crippen LogP contribution in [0.1, 0.15) is 24.8 Å². The molecule has 2 nitrogen and oxygen atoms in total. The Bertz CT molecular complexity index is 367. The van der Waals surface area contributed by atoms with Crippen molar-refractivity contribution in [1.82, 2.24) is 10.2 Å². The summed E-state index contributed by atoms with van der Waals surface area (Å²) in [5, 5.41) is 3.58. The van der Waals surface area contributed by atoms with Gasteiger partial charge >= 0.3 is 0 Å². The van der Waals surface area contributed by atoms with Gasteiger partial charge in [0.05, 0.1) is 0 Å². The van der Waals surface area contributed by atoms with E-state index in [1.54, 1.807) is 0 Å². The standard InChI is InChI=1S/C15H23BrN2/c1-17-15(9-11-18(2)12-10-15)8-7-13-3-5-14(16)6-4-13/h3-6,17H,7-12H2,1-2H3. The Morgan fingerprint density at radius 1 is 1.22 bits per heavy atom. The predicted molar refractivity (Wildman–Crippen MR) is 81.0 cm³/mol. The van der Waals surface area contributed by atoms with Gasteiger partial charge in [0.15, 0.2) is 0 Å². The highest BCUT2D eigenvalue weighted by Crippen LogP contribution is 2.26. The van der Waals surface area contributed by atoms with Crippen LogP contribution in [0.25, 0.3) is 0 Å². The molecule has 1 aromatic rings. The van der Waals surface area contributed by atoms with E-state index >= 15 is 0 Å². The smallest absolute Gasteiger partial charge is 0.0206 e. The van der Waals surface area contributed by atoms with Crippen molar-refractivity contribution < 1.29 is 0 Å². The number of aryl methyl sites for hydroxylation is 1. The number of piperidine rings is 1. The first-order chi connectivity index (χ1) is 8.63. The Morgan fingerprint density at radius 2 is 1.83 bits per heavy atom. The van der Waals surface area contributed by atoms with Crippen molar-refractivity contribution >= 4 is 15.9 Å². The van der Waals surface area contributed by atoms with E-state index in [1.165, 1.54) is 37.9 Å². The van der Waals surface area contributed by atoms with E-state index in [0.29, 0.717) is 5.54 Å². The van der Waals surface area contributed by atoms with Crippen molar-refractivity contribution in [2.75, 3.05) is 27.2 Å². The van der Waals surface area contributed by atoms with Gasteiger partial charge in [-0.25, -0.2) is 0 Å². The lowest BCUT2D eigenvalue weighted by molar-refractivity contribution is 0.156. The largest absolute Gasteiger partial charge is 0.314 e. The molecule has 1 saturated heterocycles. The molecular formula is C15H23BrN2. The SMILES string of the molecule is CNC1(CCc2ccc(Br)cc2)CCN(C)CC1. The minimum atomic E-state index is 0.347. The van der Waals surface area contributed by atoms with Gasteiger partial charge in [-0.2, -0.15) is 0 Å². The second kappa shape index (κ2) is 6.18. The number of likely N-dealkylation sites (tertiary alicyclic amines) is 1. The lowest BCUT2D eigenvalue weighted by Gasteiger charge is -2.41. The molecule has 0 bridgehead atoms. The van der Waals surface area contributed by atoms with Crippen LogP contribution in [0.5, 0.6) is 0 Å². The van der Waals surface area contributed by atoms with Crippen LogP contribution in [-0.2, 0) is 6.42 Å². The Labute approximate surface area is 119 Å². The van der Waals surface area contributed by atoms with Crippen LogP contribution in [0.15, 0.2) is 28.7 Å². The number of nitrogens with zero attached hydrogens (tertiary/aromatic N) is 1. The topological polar surface area (TPSA) is 15.3 Å². The summed E-state index contributed by atoms with van der Waals surface area (Å²) in [6.07, 6.45) is 4.92. The van der Waals surface area contributed by atoms with Crippen LogP contribution in [0, 0.1) is 0 Å². The predicted octanol–water partition coefficient (Wildman–Crippen LogP) is 3.07. The Kier molecular flexibility index (Phi) is 4.82. The van der Waals surface area contributed by atoms with Crippen molar-refractivity contribution in [1.29, 1.82) is 0 Å². The third kappa shape index (κ3) is 3.56. The van der Waals surface area contributed by atoms with Crippen molar-refractivity contribution in [2.24, 2.45) is 0 Å². The molecule has 0 radical (unpaired) electrons. The number of nitrogens with one attached hydrogen (secondary N) is 1. The second-order valence-corrected chi connectivity index (χ2v) is 6.38. The molecule has 0 unspecified atom stereocenters. The highest BCUT2D eigenvalue weighted by Gasteiger charge is 2.31. The average Bonchev–Trinajstić information content (AvgIpc) is 2.41. The van der Waals surface area contributed by atoms with Crippen LogP contribution in [-0.4, -0.2) is 37.6 Å². The fraction of sp³-hybridized carbons (Fsp3) is 0.600. The first-order valence-electron chi connectivity index (χ1n) is 6.75. The molecule has 1 N–H and O–H groups in total. The summed E-state index contributed by atoms with van der Waals surface area (Å²) in [6, 6.07) is 8.72. The molecule has 1 heterocycles. The molecule has 0 amide bonds. The Morgan fingerprint density at radius 3 is 2.39 bits per heavy atom. The van der Waals surface area contributed by atoms with E-state index in [9.17, 15) is 0 Å². The number of hydrogen-bond donors (Lipinski definition) is 1. The maximum Gasteiger partial charge on any atom is 0.0206 e.